The molecule has 1 atom stereocenters. The molecule has 0 saturated heterocycles. The van der Waals surface area contributed by atoms with Crippen LogP contribution in [0.2, 0.25) is 0 Å². The lowest BCUT2D eigenvalue weighted by atomic mass is 10.3. The maximum Gasteiger partial charge on any atom is 0.226 e. The zero-order chi connectivity index (χ0) is 14.1. The average molecular weight is 267 g/mol. The smallest absolute Gasteiger partial charge is 0.226 e. The highest BCUT2D eigenvalue weighted by molar-refractivity contribution is 5.79. The Balaban J connectivity index is 2.34. The quantitative estimate of drug-likeness (QED) is 0.446. The van der Waals surface area contributed by atoms with E-state index in [1.54, 1.807) is 0 Å². The van der Waals surface area contributed by atoms with Crippen LogP contribution in [-0.4, -0.2) is 35.2 Å². The molecule has 0 spiro atoms. The maximum absolute atomic E-state index is 5.06. The minimum atomic E-state index is 0.427. The average Bonchev–Trinajstić information content (AvgIpc) is 2.80. The van der Waals surface area contributed by atoms with Crippen LogP contribution in [0.5, 0.6) is 0 Å². The van der Waals surface area contributed by atoms with E-state index in [9.17, 15) is 0 Å². The van der Waals surface area contributed by atoms with E-state index in [-0.39, 0.29) is 0 Å². The molecular weight excluding hydrogens is 242 g/mol. The highest BCUT2D eigenvalue weighted by Gasteiger charge is 2.03. The van der Waals surface area contributed by atoms with Gasteiger partial charge >= 0.3 is 0 Å². The molecule has 0 amide bonds. The van der Waals surface area contributed by atoms with Crippen molar-refractivity contribution < 1.29 is 4.52 Å². The standard InChI is InChI=1S/C13H25N5O/c1-5-10(3)16-13(14-6-2)15-9-7-8-12-17-11(4)18-19-12/h10H,5-9H2,1-4H3,(H2,14,15,16). The summed E-state index contributed by atoms with van der Waals surface area (Å²) in [5.41, 5.74) is 0. The van der Waals surface area contributed by atoms with Gasteiger partial charge in [-0.05, 0) is 33.6 Å². The molecule has 19 heavy (non-hydrogen) atoms. The number of guanidine groups is 1. The Bertz CT molecular complexity index is 388. The predicted octanol–water partition coefficient (Wildman–Crippen LogP) is 1.66. The van der Waals surface area contributed by atoms with Crippen molar-refractivity contribution in [1.29, 1.82) is 0 Å². The maximum atomic E-state index is 5.06. The van der Waals surface area contributed by atoms with Crippen molar-refractivity contribution in [1.82, 2.24) is 20.8 Å². The Morgan fingerprint density at radius 1 is 1.42 bits per heavy atom. The Labute approximate surface area is 115 Å². The van der Waals surface area contributed by atoms with Crippen molar-refractivity contribution in [3.63, 3.8) is 0 Å². The van der Waals surface area contributed by atoms with E-state index in [1.807, 2.05) is 6.92 Å². The van der Waals surface area contributed by atoms with Crippen LogP contribution in [0.4, 0.5) is 0 Å². The summed E-state index contributed by atoms with van der Waals surface area (Å²) in [4.78, 5) is 8.70. The van der Waals surface area contributed by atoms with Crippen LogP contribution in [0, 0.1) is 6.92 Å². The third-order valence-electron chi connectivity index (χ3n) is 2.73. The van der Waals surface area contributed by atoms with E-state index in [1.165, 1.54) is 0 Å². The van der Waals surface area contributed by atoms with Crippen LogP contribution in [0.25, 0.3) is 0 Å². The molecule has 1 heterocycles. The van der Waals surface area contributed by atoms with Crippen molar-refractivity contribution in [3.05, 3.63) is 11.7 Å². The molecule has 0 saturated carbocycles. The number of rotatable bonds is 7. The molecule has 6 nitrogen and oxygen atoms in total. The van der Waals surface area contributed by atoms with Crippen molar-refractivity contribution >= 4 is 5.96 Å². The van der Waals surface area contributed by atoms with E-state index >= 15 is 0 Å². The molecule has 1 aromatic heterocycles. The summed E-state index contributed by atoms with van der Waals surface area (Å²) in [6.07, 6.45) is 2.75. The number of hydrogen-bond donors (Lipinski definition) is 2. The topological polar surface area (TPSA) is 75.3 Å². The van der Waals surface area contributed by atoms with Gasteiger partial charge in [0.15, 0.2) is 11.8 Å². The number of nitrogens with zero attached hydrogens (tertiary/aromatic N) is 3. The zero-order valence-electron chi connectivity index (χ0n) is 12.4. The molecule has 1 rings (SSSR count). The predicted molar refractivity (Wildman–Crippen MR) is 76.2 cm³/mol. The highest BCUT2D eigenvalue weighted by atomic mass is 16.5. The van der Waals surface area contributed by atoms with Gasteiger partial charge in [-0.25, -0.2) is 0 Å². The SMILES string of the molecule is CCNC(=NCCCc1nc(C)no1)NC(C)CC. The molecule has 0 bridgehead atoms. The first-order valence-electron chi connectivity index (χ1n) is 6.99. The molecule has 6 heteroatoms. The molecular formula is C13H25N5O. The van der Waals surface area contributed by atoms with Gasteiger partial charge in [0.1, 0.15) is 0 Å². The van der Waals surface area contributed by atoms with Crippen LogP contribution in [0.1, 0.15) is 45.3 Å². The minimum Gasteiger partial charge on any atom is -0.357 e. The second-order valence-corrected chi connectivity index (χ2v) is 4.55. The van der Waals surface area contributed by atoms with Gasteiger partial charge < -0.3 is 15.2 Å². The number of aromatic nitrogens is 2. The van der Waals surface area contributed by atoms with Gasteiger partial charge in [0.25, 0.3) is 0 Å². The number of aliphatic imine (C=N–C) groups is 1. The van der Waals surface area contributed by atoms with Crippen LogP contribution >= 0.6 is 0 Å². The van der Waals surface area contributed by atoms with Crippen molar-refractivity contribution in [2.24, 2.45) is 4.99 Å². The minimum absolute atomic E-state index is 0.427. The summed E-state index contributed by atoms with van der Waals surface area (Å²) in [5.74, 6) is 2.25. The molecule has 0 aliphatic rings. The first-order valence-corrected chi connectivity index (χ1v) is 6.99. The van der Waals surface area contributed by atoms with Crippen molar-refractivity contribution in [3.8, 4) is 0 Å². The second kappa shape index (κ2) is 8.50. The molecule has 0 aromatic carbocycles. The van der Waals surface area contributed by atoms with Crippen LogP contribution in [0.3, 0.4) is 0 Å². The second-order valence-electron chi connectivity index (χ2n) is 4.55. The third-order valence-corrected chi connectivity index (χ3v) is 2.73. The fourth-order valence-electron chi connectivity index (χ4n) is 1.52. The summed E-state index contributed by atoms with van der Waals surface area (Å²) < 4.78 is 5.06. The summed E-state index contributed by atoms with van der Waals surface area (Å²) >= 11 is 0. The lowest BCUT2D eigenvalue weighted by Crippen LogP contribution is -2.42. The van der Waals surface area contributed by atoms with E-state index in [0.717, 1.165) is 38.3 Å². The number of hydrogen-bond acceptors (Lipinski definition) is 4. The lowest BCUT2D eigenvalue weighted by molar-refractivity contribution is 0.372. The summed E-state index contributed by atoms with van der Waals surface area (Å²) in [5, 5.41) is 10.4. The summed E-state index contributed by atoms with van der Waals surface area (Å²) in [7, 11) is 0. The molecule has 1 unspecified atom stereocenters. The van der Waals surface area contributed by atoms with Crippen LogP contribution in [-0.2, 0) is 6.42 Å². The summed E-state index contributed by atoms with van der Waals surface area (Å²) in [6, 6.07) is 0.427. The van der Waals surface area contributed by atoms with Crippen LogP contribution < -0.4 is 10.6 Å². The molecule has 0 radical (unpaired) electrons. The Kier molecular flexibility index (Phi) is 6.92. The zero-order valence-corrected chi connectivity index (χ0v) is 12.4. The normalized spacial score (nSPS) is 13.4. The Morgan fingerprint density at radius 3 is 2.79 bits per heavy atom. The fraction of sp³-hybridized carbons (Fsp3) is 0.769. The van der Waals surface area contributed by atoms with E-state index in [0.29, 0.717) is 17.8 Å². The summed E-state index contributed by atoms with van der Waals surface area (Å²) in [6.45, 7) is 9.80. The van der Waals surface area contributed by atoms with Gasteiger partial charge in [0.2, 0.25) is 5.89 Å². The molecule has 1 aromatic rings. The molecule has 0 aliphatic carbocycles. The number of aryl methyl sites for hydroxylation is 2. The Morgan fingerprint density at radius 2 is 2.21 bits per heavy atom. The number of nitrogens with one attached hydrogen (secondary N) is 2. The monoisotopic (exact) mass is 267 g/mol. The molecule has 108 valence electrons. The van der Waals surface area contributed by atoms with E-state index < -0.39 is 0 Å². The first-order chi connectivity index (χ1) is 9.15. The molecule has 0 fully saturated rings. The van der Waals surface area contributed by atoms with Gasteiger partial charge in [-0.15, -0.1) is 0 Å². The third kappa shape index (κ3) is 6.22. The Hall–Kier alpha value is -1.59. The van der Waals surface area contributed by atoms with Gasteiger partial charge in [0.05, 0.1) is 0 Å². The fourth-order valence-corrected chi connectivity index (χ4v) is 1.52. The van der Waals surface area contributed by atoms with Crippen molar-refractivity contribution in [2.75, 3.05) is 13.1 Å². The van der Waals surface area contributed by atoms with Crippen molar-refractivity contribution in [2.45, 2.75) is 53.0 Å². The van der Waals surface area contributed by atoms with Gasteiger partial charge in [-0.1, -0.05) is 12.1 Å². The van der Waals surface area contributed by atoms with E-state index in [2.05, 4.69) is 46.5 Å². The van der Waals surface area contributed by atoms with E-state index in [4.69, 9.17) is 4.52 Å². The molecule has 0 aliphatic heterocycles. The van der Waals surface area contributed by atoms with Gasteiger partial charge in [-0.2, -0.15) is 4.98 Å². The lowest BCUT2D eigenvalue weighted by Gasteiger charge is -2.15. The van der Waals surface area contributed by atoms with Gasteiger partial charge in [0, 0.05) is 25.6 Å². The highest BCUT2D eigenvalue weighted by Crippen LogP contribution is 2.00. The van der Waals surface area contributed by atoms with Crippen LogP contribution in [0.15, 0.2) is 9.52 Å². The molecule has 2 N–H and O–H groups in total. The largest absolute Gasteiger partial charge is 0.357 e. The first kappa shape index (κ1) is 15.5. The van der Waals surface area contributed by atoms with Gasteiger partial charge in [-0.3, -0.25) is 4.99 Å².